The molecule has 1 aliphatic rings. The fourth-order valence-electron chi connectivity index (χ4n) is 1.54. The van der Waals surface area contributed by atoms with E-state index in [2.05, 4.69) is 20.4 Å². The third-order valence-corrected chi connectivity index (χ3v) is 3.60. The molecule has 2 heterocycles. The average molecular weight is 264 g/mol. The van der Waals surface area contributed by atoms with Gasteiger partial charge in [-0.05, 0) is 19.8 Å². The molecule has 7 heteroatoms. The maximum Gasteiger partial charge on any atom is 0.280 e. The number of aryl methyl sites for hydroxylation is 1. The van der Waals surface area contributed by atoms with Crippen LogP contribution >= 0.6 is 11.3 Å². The van der Waals surface area contributed by atoms with E-state index in [0.29, 0.717) is 16.8 Å². The van der Waals surface area contributed by atoms with Crippen molar-refractivity contribution in [3.63, 3.8) is 0 Å². The molecule has 0 atom stereocenters. The fraction of sp³-hybridized carbons (Fsp3) is 0.455. The molecule has 3 rings (SSSR count). The van der Waals surface area contributed by atoms with Crippen molar-refractivity contribution < 1.29 is 9.32 Å². The molecule has 2 aromatic heterocycles. The van der Waals surface area contributed by atoms with E-state index in [1.807, 2.05) is 12.3 Å². The SMILES string of the molecule is Cc1csc(C(=O)NCc2nc(C3CC3)no2)n1. The Labute approximate surface area is 107 Å². The van der Waals surface area contributed by atoms with Gasteiger partial charge in [0.25, 0.3) is 5.91 Å². The number of nitrogens with one attached hydrogen (secondary N) is 1. The predicted octanol–water partition coefficient (Wildman–Crippen LogP) is 1.64. The summed E-state index contributed by atoms with van der Waals surface area (Å²) in [5.74, 6) is 1.45. The number of nitrogens with zero attached hydrogens (tertiary/aromatic N) is 3. The first-order chi connectivity index (χ1) is 8.72. The summed E-state index contributed by atoms with van der Waals surface area (Å²) in [7, 11) is 0. The number of thiazole rings is 1. The molecular weight excluding hydrogens is 252 g/mol. The monoisotopic (exact) mass is 264 g/mol. The molecule has 0 spiro atoms. The van der Waals surface area contributed by atoms with Crippen molar-refractivity contribution in [3.05, 3.63) is 27.8 Å². The molecule has 1 N–H and O–H groups in total. The normalized spacial score (nSPS) is 14.7. The van der Waals surface area contributed by atoms with Gasteiger partial charge in [0.1, 0.15) is 0 Å². The fourth-order valence-corrected chi connectivity index (χ4v) is 2.25. The number of rotatable bonds is 4. The summed E-state index contributed by atoms with van der Waals surface area (Å²) >= 11 is 1.32. The number of hydrogen-bond donors (Lipinski definition) is 1. The molecule has 0 radical (unpaired) electrons. The highest BCUT2D eigenvalue weighted by Gasteiger charge is 2.28. The lowest BCUT2D eigenvalue weighted by molar-refractivity contribution is 0.0945. The van der Waals surface area contributed by atoms with Crippen LogP contribution in [0.2, 0.25) is 0 Å². The molecule has 6 nitrogen and oxygen atoms in total. The maximum atomic E-state index is 11.7. The van der Waals surface area contributed by atoms with Gasteiger partial charge in [0.05, 0.1) is 6.54 Å². The van der Waals surface area contributed by atoms with Crippen molar-refractivity contribution in [3.8, 4) is 0 Å². The van der Waals surface area contributed by atoms with E-state index in [1.165, 1.54) is 11.3 Å². The molecule has 1 fully saturated rings. The molecule has 0 unspecified atom stereocenters. The Hall–Kier alpha value is -1.76. The van der Waals surface area contributed by atoms with Crippen LogP contribution in [0.1, 0.15) is 46.0 Å². The van der Waals surface area contributed by atoms with Gasteiger partial charge in [0.15, 0.2) is 10.8 Å². The Morgan fingerprint density at radius 3 is 3.06 bits per heavy atom. The summed E-state index contributed by atoms with van der Waals surface area (Å²) in [6.45, 7) is 2.10. The smallest absolute Gasteiger partial charge is 0.280 e. The number of amides is 1. The zero-order valence-corrected chi connectivity index (χ0v) is 10.7. The van der Waals surface area contributed by atoms with Crippen LogP contribution < -0.4 is 5.32 Å². The summed E-state index contributed by atoms with van der Waals surface area (Å²) in [5, 5.41) is 8.89. The zero-order valence-electron chi connectivity index (χ0n) is 9.84. The van der Waals surface area contributed by atoms with Gasteiger partial charge in [0.2, 0.25) is 5.89 Å². The summed E-state index contributed by atoms with van der Waals surface area (Å²) in [4.78, 5) is 20.1. The standard InChI is InChI=1S/C11H12N4O2S/c1-6-5-18-11(13-6)10(16)12-4-8-14-9(15-17-8)7-2-3-7/h5,7H,2-4H2,1H3,(H,12,16). The molecule has 1 amide bonds. The quantitative estimate of drug-likeness (QED) is 0.908. The predicted molar refractivity (Wildman–Crippen MR) is 64.3 cm³/mol. The van der Waals surface area contributed by atoms with Gasteiger partial charge in [-0.1, -0.05) is 5.16 Å². The van der Waals surface area contributed by atoms with Crippen LogP contribution in [-0.2, 0) is 6.54 Å². The van der Waals surface area contributed by atoms with Crippen molar-refractivity contribution in [2.24, 2.45) is 0 Å². The van der Waals surface area contributed by atoms with Crippen LogP contribution in [0.25, 0.3) is 0 Å². The van der Waals surface area contributed by atoms with E-state index in [9.17, 15) is 4.79 Å². The van der Waals surface area contributed by atoms with Crippen molar-refractivity contribution in [2.45, 2.75) is 32.2 Å². The molecule has 1 saturated carbocycles. The van der Waals surface area contributed by atoms with Crippen molar-refractivity contribution >= 4 is 17.2 Å². The Morgan fingerprint density at radius 2 is 2.39 bits per heavy atom. The topological polar surface area (TPSA) is 80.9 Å². The highest BCUT2D eigenvalue weighted by atomic mass is 32.1. The largest absolute Gasteiger partial charge is 0.341 e. The minimum Gasteiger partial charge on any atom is -0.341 e. The second-order valence-corrected chi connectivity index (χ2v) is 5.16. The molecule has 2 aromatic rings. The second-order valence-electron chi connectivity index (χ2n) is 4.30. The van der Waals surface area contributed by atoms with Crippen LogP contribution in [0, 0.1) is 6.92 Å². The Kier molecular flexibility index (Phi) is 2.83. The number of carbonyl (C=O) groups excluding carboxylic acids is 1. The van der Waals surface area contributed by atoms with E-state index < -0.39 is 0 Å². The minimum absolute atomic E-state index is 0.209. The van der Waals surface area contributed by atoms with Gasteiger partial charge in [-0.2, -0.15) is 4.98 Å². The molecule has 0 aliphatic heterocycles. The molecule has 1 aliphatic carbocycles. The molecule has 0 aromatic carbocycles. The van der Waals surface area contributed by atoms with E-state index >= 15 is 0 Å². The van der Waals surface area contributed by atoms with Crippen LogP contribution in [0.4, 0.5) is 0 Å². The molecule has 18 heavy (non-hydrogen) atoms. The van der Waals surface area contributed by atoms with E-state index in [0.717, 1.165) is 24.4 Å². The second kappa shape index (κ2) is 4.49. The van der Waals surface area contributed by atoms with Crippen LogP contribution in [0.15, 0.2) is 9.90 Å². The van der Waals surface area contributed by atoms with Crippen molar-refractivity contribution in [2.75, 3.05) is 0 Å². The Balaban J connectivity index is 1.58. The first-order valence-corrected chi connectivity index (χ1v) is 6.63. The third kappa shape index (κ3) is 2.40. The lowest BCUT2D eigenvalue weighted by Crippen LogP contribution is -2.22. The maximum absolute atomic E-state index is 11.7. The Bertz CT molecular complexity index is 573. The summed E-state index contributed by atoms with van der Waals surface area (Å²) in [6, 6.07) is 0. The lowest BCUT2D eigenvalue weighted by atomic mass is 10.4. The van der Waals surface area contributed by atoms with E-state index in [4.69, 9.17) is 4.52 Å². The zero-order chi connectivity index (χ0) is 12.5. The first kappa shape index (κ1) is 11.3. The van der Waals surface area contributed by atoms with Crippen molar-refractivity contribution in [1.29, 1.82) is 0 Å². The van der Waals surface area contributed by atoms with Gasteiger partial charge >= 0.3 is 0 Å². The summed E-state index contributed by atoms with van der Waals surface area (Å²) < 4.78 is 5.06. The van der Waals surface area contributed by atoms with Gasteiger partial charge in [-0.25, -0.2) is 4.98 Å². The average Bonchev–Trinajstić information content (AvgIpc) is 2.95. The number of carbonyl (C=O) groups is 1. The Morgan fingerprint density at radius 1 is 1.56 bits per heavy atom. The number of aromatic nitrogens is 3. The van der Waals surface area contributed by atoms with Crippen LogP contribution in [0.5, 0.6) is 0 Å². The summed E-state index contributed by atoms with van der Waals surface area (Å²) in [5.41, 5.74) is 0.846. The molecule has 0 bridgehead atoms. The molecule has 94 valence electrons. The summed E-state index contributed by atoms with van der Waals surface area (Å²) in [6.07, 6.45) is 2.26. The van der Waals surface area contributed by atoms with Crippen LogP contribution in [-0.4, -0.2) is 21.0 Å². The number of hydrogen-bond acceptors (Lipinski definition) is 6. The van der Waals surface area contributed by atoms with Gasteiger partial charge < -0.3 is 9.84 Å². The first-order valence-electron chi connectivity index (χ1n) is 5.75. The van der Waals surface area contributed by atoms with Gasteiger partial charge in [0, 0.05) is 17.0 Å². The van der Waals surface area contributed by atoms with Crippen molar-refractivity contribution in [1.82, 2.24) is 20.4 Å². The lowest BCUT2D eigenvalue weighted by Gasteiger charge is -1.97. The van der Waals surface area contributed by atoms with Gasteiger partial charge in [-0.3, -0.25) is 4.79 Å². The minimum atomic E-state index is -0.209. The van der Waals surface area contributed by atoms with Gasteiger partial charge in [-0.15, -0.1) is 11.3 Å². The van der Waals surface area contributed by atoms with Crippen LogP contribution in [0.3, 0.4) is 0 Å². The third-order valence-electron chi connectivity index (χ3n) is 2.64. The van der Waals surface area contributed by atoms with E-state index in [1.54, 1.807) is 0 Å². The molecule has 0 saturated heterocycles. The molecular formula is C11H12N4O2S. The van der Waals surface area contributed by atoms with E-state index in [-0.39, 0.29) is 12.5 Å². The highest BCUT2D eigenvalue weighted by Crippen LogP contribution is 2.37. The highest BCUT2D eigenvalue weighted by molar-refractivity contribution is 7.11.